The van der Waals surface area contributed by atoms with Gasteiger partial charge in [0.25, 0.3) is 11.1 Å². The second-order valence-electron chi connectivity index (χ2n) is 8.95. The van der Waals surface area contributed by atoms with Crippen LogP contribution in [0.25, 0.3) is 17.0 Å². The number of hydrogen-bond donors (Lipinski definition) is 0. The van der Waals surface area contributed by atoms with Gasteiger partial charge < -0.3 is 14.0 Å². The lowest BCUT2D eigenvalue weighted by Crippen LogP contribution is -2.32. The van der Waals surface area contributed by atoms with Crippen molar-refractivity contribution in [2.45, 2.75) is 19.9 Å². The third-order valence-electron chi connectivity index (χ3n) is 6.21. The Labute approximate surface area is 224 Å². The normalized spacial score (nSPS) is 14.6. The summed E-state index contributed by atoms with van der Waals surface area (Å²) < 4.78 is 26.6. The monoisotopic (exact) mass is 530 g/mol. The van der Waals surface area contributed by atoms with Crippen molar-refractivity contribution in [1.29, 1.82) is 0 Å². The molecule has 3 aromatic carbocycles. The van der Waals surface area contributed by atoms with Crippen LogP contribution >= 0.6 is 11.8 Å². The number of imide groups is 1. The Morgan fingerprint density at radius 3 is 2.32 bits per heavy atom. The third-order valence-corrected chi connectivity index (χ3v) is 7.12. The average Bonchev–Trinajstić information content (AvgIpc) is 3.40. The maximum absolute atomic E-state index is 13.1. The highest BCUT2D eigenvalue weighted by molar-refractivity contribution is 8.18. The average molecular weight is 531 g/mol. The van der Waals surface area contributed by atoms with Gasteiger partial charge in [0, 0.05) is 29.2 Å². The second kappa shape index (κ2) is 11.6. The molecule has 4 aromatic rings. The summed E-state index contributed by atoms with van der Waals surface area (Å²) in [5.41, 5.74) is 3.13. The fourth-order valence-corrected chi connectivity index (χ4v) is 5.11. The molecule has 194 valence electrons. The van der Waals surface area contributed by atoms with E-state index < -0.39 is 0 Å². The minimum atomic E-state index is -0.356. The van der Waals surface area contributed by atoms with E-state index in [1.807, 2.05) is 61.7 Å². The molecule has 38 heavy (non-hydrogen) atoms. The summed E-state index contributed by atoms with van der Waals surface area (Å²) in [6.45, 7) is 3.62. The standard InChI is InChI=1S/C30H27FN2O4S/c1-21-7-11-24(12-8-21)36-17-4-15-32-20-22(26-5-2-3-6-27(26)32)19-28-29(34)33(30(35)38-28)16-18-37-25-13-9-23(31)10-14-25/h2-3,5-14,19-20H,4,15-18H2,1H3/b28-19-. The highest BCUT2D eigenvalue weighted by Crippen LogP contribution is 2.34. The van der Waals surface area contributed by atoms with Crippen LogP contribution in [0.3, 0.4) is 0 Å². The molecule has 1 aliphatic heterocycles. The van der Waals surface area contributed by atoms with Crippen LogP contribution in [-0.2, 0) is 11.3 Å². The van der Waals surface area contributed by atoms with Crippen LogP contribution in [0.2, 0.25) is 0 Å². The minimum absolute atomic E-state index is 0.113. The molecule has 5 rings (SSSR count). The van der Waals surface area contributed by atoms with Gasteiger partial charge in [-0.2, -0.15) is 0 Å². The number of nitrogens with zero attached hydrogens (tertiary/aromatic N) is 2. The van der Waals surface area contributed by atoms with Gasteiger partial charge in [-0.05, 0) is 73.6 Å². The summed E-state index contributed by atoms with van der Waals surface area (Å²) in [6.07, 6.45) is 4.62. The zero-order valence-electron chi connectivity index (χ0n) is 20.9. The first kappa shape index (κ1) is 25.6. The van der Waals surface area contributed by atoms with Crippen LogP contribution in [0.5, 0.6) is 11.5 Å². The number of amides is 2. The minimum Gasteiger partial charge on any atom is -0.494 e. The smallest absolute Gasteiger partial charge is 0.293 e. The number of benzene rings is 3. The number of carbonyl (C=O) groups excluding carboxylic acids is 2. The number of rotatable bonds is 10. The van der Waals surface area contributed by atoms with Gasteiger partial charge in [-0.15, -0.1) is 0 Å². The molecule has 0 unspecified atom stereocenters. The maximum Gasteiger partial charge on any atom is 0.293 e. The molecule has 8 heteroatoms. The van der Waals surface area contributed by atoms with E-state index in [1.165, 1.54) is 34.7 Å². The number of carbonyl (C=O) groups is 2. The fraction of sp³-hybridized carbons (Fsp3) is 0.200. The molecule has 0 spiro atoms. The highest BCUT2D eigenvalue weighted by Gasteiger charge is 2.35. The lowest BCUT2D eigenvalue weighted by molar-refractivity contribution is -0.123. The summed E-state index contributed by atoms with van der Waals surface area (Å²) in [4.78, 5) is 27.1. The number of ether oxygens (including phenoxy) is 2. The van der Waals surface area contributed by atoms with E-state index in [0.29, 0.717) is 17.3 Å². The van der Waals surface area contributed by atoms with Gasteiger partial charge in [-0.1, -0.05) is 35.9 Å². The number of para-hydroxylation sites is 1. The van der Waals surface area contributed by atoms with Crippen molar-refractivity contribution >= 4 is 39.9 Å². The van der Waals surface area contributed by atoms with Crippen molar-refractivity contribution in [3.8, 4) is 11.5 Å². The SMILES string of the molecule is Cc1ccc(OCCCn2cc(/C=C3\SC(=O)N(CCOc4ccc(F)cc4)C3=O)c3ccccc32)cc1. The molecule has 6 nitrogen and oxygen atoms in total. The molecule has 0 radical (unpaired) electrons. The number of aryl methyl sites for hydroxylation is 2. The molecule has 1 aromatic heterocycles. The number of thioether (sulfide) groups is 1. The summed E-state index contributed by atoms with van der Waals surface area (Å²) in [5.74, 6) is 0.634. The molecule has 1 saturated heterocycles. The predicted octanol–water partition coefficient (Wildman–Crippen LogP) is 6.67. The van der Waals surface area contributed by atoms with E-state index in [1.54, 1.807) is 6.08 Å². The van der Waals surface area contributed by atoms with E-state index in [4.69, 9.17) is 9.47 Å². The first-order valence-electron chi connectivity index (χ1n) is 12.4. The van der Waals surface area contributed by atoms with E-state index in [0.717, 1.165) is 46.9 Å². The summed E-state index contributed by atoms with van der Waals surface area (Å²) >= 11 is 0.927. The number of halogens is 1. The summed E-state index contributed by atoms with van der Waals surface area (Å²) in [5, 5.41) is 0.680. The van der Waals surface area contributed by atoms with Gasteiger partial charge in [-0.3, -0.25) is 14.5 Å². The van der Waals surface area contributed by atoms with Crippen molar-refractivity contribution in [3.63, 3.8) is 0 Å². The molecule has 2 heterocycles. The van der Waals surface area contributed by atoms with Crippen molar-refractivity contribution in [1.82, 2.24) is 9.47 Å². The Morgan fingerprint density at radius 2 is 1.55 bits per heavy atom. The Kier molecular flexibility index (Phi) is 7.79. The molecule has 0 aliphatic carbocycles. The van der Waals surface area contributed by atoms with Crippen molar-refractivity contribution < 1.29 is 23.5 Å². The molecule has 0 saturated carbocycles. The Morgan fingerprint density at radius 1 is 0.868 bits per heavy atom. The quantitative estimate of drug-likeness (QED) is 0.169. The van der Waals surface area contributed by atoms with Crippen LogP contribution in [0.15, 0.2) is 83.9 Å². The molecule has 1 fully saturated rings. The Bertz CT molecular complexity index is 1480. The van der Waals surface area contributed by atoms with Crippen molar-refractivity contribution in [2.75, 3.05) is 19.8 Å². The predicted molar refractivity (Wildman–Crippen MR) is 148 cm³/mol. The lowest BCUT2D eigenvalue weighted by Gasteiger charge is -2.13. The van der Waals surface area contributed by atoms with Crippen LogP contribution in [-0.4, -0.2) is 40.4 Å². The first-order valence-corrected chi connectivity index (χ1v) is 13.2. The zero-order chi connectivity index (χ0) is 26.5. The molecule has 1 aliphatic rings. The highest BCUT2D eigenvalue weighted by atomic mass is 32.2. The van der Waals surface area contributed by atoms with Crippen molar-refractivity contribution in [3.05, 3.63) is 101 Å². The fourth-order valence-electron chi connectivity index (χ4n) is 4.25. The maximum atomic E-state index is 13.1. The van der Waals surface area contributed by atoms with E-state index in [9.17, 15) is 14.0 Å². The second-order valence-corrected chi connectivity index (χ2v) is 9.94. The van der Waals surface area contributed by atoms with Gasteiger partial charge in [0.05, 0.1) is 18.1 Å². The molecular formula is C30H27FN2O4S. The zero-order valence-corrected chi connectivity index (χ0v) is 21.7. The van der Waals surface area contributed by atoms with Gasteiger partial charge in [0.1, 0.15) is 23.9 Å². The Balaban J connectivity index is 1.23. The molecule has 0 atom stereocenters. The topological polar surface area (TPSA) is 60.8 Å². The van der Waals surface area contributed by atoms with Crippen LogP contribution in [0, 0.1) is 12.7 Å². The molecular weight excluding hydrogens is 503 g/mol. The first-order chi connectivity index (χ1) is 18.5. The number of hydrogen-bond acceptors (Lipinski definition) is 5. The van der Waals surface area contributed by atoms with Crippen LogP contribution < -0.4 is 9.47 Å². The van der Waals surface area contributed by atoms with Crippen LogP contribution in [0.4, 0.5) is 9.18 Å². The van der Waals surface area contributed by atoms with Gasteiger partial charge in [0.2, 0.25) is 0 Å². The lowest BCUT2D eigenvalue weighted by atomic mass is 10.1. The Hall–Kier alpha value is -4.04. The van der Waals surface area contributed by atoms with Gasteiger partial charge in [0.15, 0.2) is 0 Å². The number of fused-ring (bicyclic) bond motifs is 1. The van der Waals surface area contributed by atoms with Gasteiger partial charge >= 0.3 is 0 Å². The van der Waals surface area contributed by atoms with Crippen LogP contribution in [0.1, 0.15) is 17.5 Å². The van der Waals surface area contributed by atoms with E-state index in [-0.39, 0.29) is 30.1 Å². The molecule has 2 amide bonds. The summed E-state index contributed by atoms with van der Waals surface area (Å²) in [6, 6.07) is 21.6. The van der Waals surface area contributed by atoms with E-state index >= 15 is 0 Å². The molecule has 0 N–H and O–H groups in total. The van der Waals surface area contributed by atoms with Crippen molar-refractivity contribution in [2.24, 2.45) is 0 Å². The largest absolute Gasteiger partial charge is 0.494 e. The van der Waals surface area contributed by atoms with Gasteiger partial charge in [-0.25, -0.2) is 4.39 Å². The molecule has 0 bridgehead atoms. The van der Waals surface area contributed by atoms with E-state index in [2.05, 4.69) is 4.57 Å². The third kappa shape index (κ3) is 5.92. The summed E-state index contributed by atoms with van der Waals surface area (Å²) in [7, 11) is 0. The number of aromatic nitrogens is 1.